The minimum absolute atomic E-state index is 0.129. The number of aryl methyl sites for hydroxylation is 1. The Labute approximate surface area is 226 Å². The molecule has 4 rings (SSSR count). The molecule has 1 amide bonds. The van der Waals surface area contributed by atoms with Crippen molar-refractivity contribution in [3.05, 3.63) is 89.2 Å². The average molecular weight is 553 g/mol. The third-order valence-corrected chi connectivity index (χ3v) is 8.93. The maximum atomic E-state index is 13.6. The highest BCUT2D eigenvalue weighted by Gasteiger charge is 2.25. The second kappa shape index (κ2) is 11.9. The minimum atomic E-state index is -3.67. The Morgan fingerprint density at radius 1 is 1.05 bits per heavy atom. The van der Waals surface area contributed by atoms with E-state index in [-0.39, 0.29) is 16.3 Å². The third kappa shape index (κ3) is 6.15. The van der Waals surface area contributed by atoms with E-state index in [0.717, 1.165) is 28.6 Å². The van der Waals surface area contributed by atoms with E-state index in [4.69, 9.17) is 0 Å². The highest BCUT2D eigenvalue weighted by atomic mass is 32.2. The van der Waals surface area contributed by atoms with Gasteiger partial charge in [-0.05, 0) is 73.0 Å². The van der Waals surface area contributed by atoms with Gasteiger partial charge in [-0.3, -0.25) is 4.79 Å². The molecule has 10 heteroatoms. The van der Waals surface area contributed by atoms with Crippen LogP contribution in [0.2, 0.25) is 0 Å². The second-order valence-corrected chi connectivity index (χ2v) is 11.7. The number of nitrogens with zero attached hydrogens (tertiary/aromatic N) is 4. The topological polar surface area (TPSA) is 82.9 Å². The van der Waals surface area contributed by atoms with Crippen molar-refractivity contribution in [1.29, 1.82) is 0 Å². The van der Waals surface area contributed by atoms with Crippen LogP contribution >= 0.6 is 11.3 Å². The molecule has 38 heavy (non-hydrogen) atoms. The number of rotatable bonds is 10. The first kappa shape index (κ1) is 27.6. The van der Waals surface area contributed by atoms with Crippen LogP contribution in [0.15, 0.2) is 76.7 Å². The first-order valence-corrected chi connectivity index (χ1v) is 14.6. The number of thiazole rings is 1. The van der Waals surface area contributed by atoms with Gasteiger partial charge in [0, 0.05) is 18.7 Å². The predicted molar refractivity (Wildman–Crippen MR) is 151 cm³/mol. The Morgan fingerprint density at radius 2 is 1.76 bits per heavy atom. The molecule has 0 aliphatic rings. The van der Waals surface area contributed by atoms with Crippen LogP contribution in [0.1, 0.15) is 48.2 Å². The third-order valence-electron chi connectivity index (χ3n) is 5.95. The van der Waals surface area contributed by atoms with Crippen LogP contribution in [0.5, 0.6) is 0 Å². The van der Waals surface area contributed by atoms with Gasteiger partial charge in [-0.1, -0.05) is 49.8 Å². The van der Waals surface area contributed by atoms with Gasteiger partial charge in [-0.2, -0.15) is 14.4 Å². The SMILES string of the molecule is CCCCN(CC)S(=O)(=O)c1ccc(C(=O)N(/N=C/c2ccc(F)cc2)c2nc3ccc(C)cc3s2)cc1. The molecule has 0 bridgehead atoms. The summed E-state index contributed by atoms with van der Waals surface area (Å²) < 4.78 is 41.9. The van der Waals surface area contributed by atoms with Gasteiger partial charge in [0.15, 0.2) is 0 Å². The van der Waals surface area contributed by atoms with Crippen molar-refractivity contribution in [3.8, 4) is 0 Å². The number of carbonyl (C=O) groups is 1. The number of hydrogen-bond acceptors (Lipinski definition) is 6. The lowest BCUT2D eigenvalue weighted by molar-refractivity contribution is 0.0987. The summed E-state index contributed by atoms with van der Waals surface area (Å²) in [6, 6.07) is 17.4. The van der Waals surface area contributed by atoms with Crippen molar-refractivity contribution in [2.24, 2.45) is 5.10 Å². The molecular formula is C28H29FN4O3S2. The number of halogens is 1. The lowest BCUT2D eigenvalue weighted by Gasteiger charge is -2.20. The number of hydrazone groups is 1. The Bertz CT molecular complexity index is 1550. The van der Waals surface area contributed by atoms with Gasteiger partial charge in [-0.15, -0.1) is 0 Å². The fourth-order valence-electron chi connectivity index (χ4n) is 3.80. The summed E-state index contributed by atoms with van der Waals surface area (Å²) in [7, 11) is -3.67. The van der Waals surface area contributed by atoms with E-state index in [1.54, 1.807) is 12.1 Å². The number of hydrogen-bond donors (Lipinski definition) is 0. The van der Waals surface area contributed by atoms with E-state index in [2.05, 4.69) is 10.1 Å². The fourth-order valence-corrected chi connectivity index (χ4v) is 6.30. The summed E-state index contributed by atoms with van der Waals surface area (Å²) in [5, 5.41) is 5.94. The van der Waals surface area contributed by atoms with Gasteiger partial charge in [0.1, 0.15) is 5.82 Å². The van der Waals surface area contributed by atoms with Crippen molar-refractivity contribution in [2.45, 2.75) is 38.5 Å². The second-order valence-electron chi connectivity index (χ2n) is 8.76. The van der Waals surface area contributed by atoms with E-state index < -0.39 is 15.9 Å². The van der Waals surface area contributed by atoms with Gasteiger partial charge < -0.3 is 0 Å². The zero-order chi connectivity index (χ0) is 27.3. The Hall–Kier alpha value is -3.47. The molecule has 0 spiro atoms. The molecule has 198 valence electrons. The molecule has 1 heterocycles. The van der Waals surface area contributed by atoms with Gasteiger partial charge in [0.05, 0.1) is 21.3 Å². The maximum Gasteiger partial charge on any atom is 0.280 e. The summed E-state index contributed by atoms with van der Waals surface area (Å²) in [5.74, 6) is -0.843. The number of carbonyl (C=O) groups excluding carboxylic acids is 1. The molecule has 0 N–H and O–H groups in total. The van der Waals surface area contributed by atoms with Crippen molar-refractivity contribution in [1.82, 2.24) is 9.29 Å². The standard InChI is InChI=1S/C28H29FN4O3S2/c1-4-6-17-32(5-2)38(35,36)24-14-10-22(11-15-24)27(34)33(30-19-21-8-12-23(29)13-9-21)28-31-25-16-7-20(3)18-26(25)37-28/h7-16,18-19H,4-6,17H2,1-3H3/b30-19+. The lowest BCUT2D eigenvalue weighted by Crippen LogP contribution is -2.32. The van der Waals surface area contributed by atoms with Crippen LogP contribution in [0.25, 0.3) is 10.2 Å². The van der Waals surface area contributed by atoms with Crippen LogP contribution in [-0.2, 0) is 10.0 Å². The molecule has 4 aromatic rings. The summed E-state index contributed by atoms with van der Waals surface area (Å²) >= 11 is 1.32. The van der Waals surface area contributed by atoms with Crippen LogP contribution < -0.4 is 5.01 Å². The number of fused-ring (bicyclic) bond motifs is 1. The molecule has 1 aromatic heterocycles. The van der Waals surface area contributed by atoms with Gasteiger partial charge in [0.25, 0.3) is 5.91 Å². The van der Waals surface area contributed by atoms with Gasteiger partial charge >= 0.3 is 0 Å². The van der Waals surface area contributed by atoms with Gasteiger partial charge in [-0.25, -0.2) is 17.8 Å². The van der Waals surface area contributed by atoms with Crippen LogP contribution in [0.3, 0.4) is 0 Å². The largest absolute Gasteiger partial charge is 0.280 e. The Kier molecular flexibility index (Phi) is 8.65. The molecule has 0 aliphatic heterocycles. The number of aromatic nitrogens is 1. The number of anilines is 1. The smallest absolute Gasteiger partial charge is 0.267 e. The van der Waals surface area contributed by atoms with E-state index >= 15 is 0 Å². The first-order chi connectivity index (χ1) is 18.2. The fraction of sp³-hybridized carbons (Fsp3) is 0.250. The normalized spacial score (nSPS) is 12.0. The first-order valence-electron chi connectivity index (χ1n) is 12.3. The highest BCUT2D eigenvalue weighted by molar-refractivity contribution is 7.89. The summed E-state index contributed by atoms with van der Waals surface area (Å²) in [6.45, 7) is 6.61. The number of sulfonamides is 1. The van der Waals surface area contributed by atoms with E-state index in [0.29, 0.717) is 23.8 Å². The van der Waals surface area contributed by atoms with Crippen molar-refractivity contribution >= 4 is 48.8 Å². The predicted octanol–water partition coefficient (Wildman–Crippen LogP) is 6.24. The maximum absolute atomic E-state index is 13.6. The van der Waals surface area contributed by atoms with E-state index in [1.807, 2.05) is 39.0 Å². The number of benzene rings is 3. The zero-order valence-corrected chi connectivity index (χ0v) is 23.1. The van der Waals surface area contributed by atoms with Crippen LogP contribution in [-0.4, -0.2) is 42.9 Å². The molecule has 0 aliphatic carbocycles. The summed E-state index contributed by atoms with van der Waals surface area (Å²) in [4.78, 5) is 18.3. The molecule has 0 saturated heterocycles. The molecule has 0 atom stereocenters. The Morgan fingerprint density at radius 3 is 2.42 bits per heavy atom. The van der Waals surface area contributed by atoms with E-state index in [9.17, 15) is 17.6 Å². The Balaban J connectivity index is 1.68. The number of amides is 1. The summed E-state index contributed by atoms with van der Waals surface area (Å²) in [6.07, 6.45) is 3.12. The quantitative estimate of drug-likeness (QED) is 0.172. The van der Waals surface area contributed by atoms with Crippen molar-refractivity contribution in [2.75, 3.05) is 18.1 Å². The molecule has 0 fully saturated rings. The number of unbranched alkanes of at least 4 members (excludes halogenated alkanes) is 1. The molecule has 7 nitrogen and oxygen atoms in total. The van der Waals surface area contributed by atoms with Crippen molar-refractivity contribution in [3.63, 3.8) is 0 Å². The molecule has 0 unspecified atom stereocenters. The van der Waals surface area contributed by atoms with E-state index in [1.165, 1.54) is 63.3 Å². The van der Waals surface area contributed by atoms with Crippen LogP contribution in [0.4, 0.5) is 9.52 Å². The molecule has 0 radical (unpaired) electrons. The lowest BCUT2D eigenvalue weighted by atomic mass is 10.2. The zero-order valence-electron chi connectivity index (χ0n) is 21.5. The molecule has 0 saturated carbocycles. The minimum Gasteiger partial charge on any atom is -0.267 e. The molecule has 3 aromatic carbocycles. The highest BCUT2D eigenvalue weighted by Crippen LogP contribution is 2.31. The van der Waals surface area contributed by atoms with Crippen LogP contribution in [0, 0.1) is 12.7 Å². The van der Waals surface area contributed by atoms with Gasteiger partial charge in [0.2, 0.25) is 15.2 Å². The summed E-state index contributed by atoms with van der Waals surface area (Å²) in [5.41, 5.74) is 2.66. The molecular weight excluding hydrogens is 523 g/mol. The monoisotopic (exact) mass is 552 g/mol. The average Bonchev–Trinajstić information content (AvgIpc) is 3.33. The van der Waals surface area contributed by atoms with Crippen molar-refractivity contribution < 1.29 is 17.6 Å².